The first-order valence-corrected chi connectivity index (χ1v) is 5.57. The number of anilines is 2. The van der Waals surface area contributed by atoms with E-state index in [0.717, 1.165) is 6.07 Å². The third-order valence-corrected chi connectivity index (χ3v) is 2.93. The van der Waals surface area contributed by atoms with Crippen molar-refractivity contribution in [3.05, 3.63) is 17.7 Å². The topological polar surface area (TPSA) is 127 Å². The third kappa shape index (κ3) is 2.38. The Balaban J connectivity index is 3.47. The first-order valence-electron chi connectivity index (χ1n) is 4.13. The van der Waals surface area contributed by atoms with Gasteiger partial charge in [0.25, 0.3) is 10.1 Å². The number of hydrogen-bond acceptors (Lipinski definition) is 5. The van der Waals surface area contributed by atoms with E-state index in [1.807, 2.05) is 0 Å². The van der Waals surface area contributed by atoms with Gasteiger partial charge in [0.15, 0.2) is 0 Å². The van der Waals surface area contributed by atoms with E-state index in [0.29, 0.717) is 0 Å². The van der Waals surface area contributed by atoms with Gasteiger partial charge in [0, 0.05) is 12.2 Å². The molecule has 0 heterocycles. The summed E-state index contributed by atoms with van der Waals surface area (Å²) in [6, 6.07) is 2.45. The number of hydrogen-bond donors (Lipinski definition) is 4. The molecule has 6 nitrogen and oxygen atoms in total. The van der Waals surface area contributed by atoms with Crippen molar-refractivity contribution in [2.24, 2.45) is 0 Å². The molecule has 0 bridgehead atoms. The van der Waals surface area contributed by atoms with Crippen LogP contribution in [0, 0.1) is 0 Å². The van der Waals surface area contributed by atoms with Crippen LogP contribution in [0.15, 0.2) is 17.0 Å². The summed E-state index contributed by atoms with van der Waals surface area (Å²) in [5.74, 6) is 0. The molecule has 0 radical (unpaired) electrons. The van der Waals surface area contributed by atoms with E-state index < -0.39 is 10.1 Å². The molecule has 15 heavy (non-hydrogen) atoms. The van der Waals surface area contributed by atoms with E-state index >= 15 is 0 Å². The molecule has 0 aromatic heterocycles. The molecule has 1 rings (SSSR count). The fourth-order valence-corrected chi connectivity index (χ4v) is 2.04. The second-order valence-corrected chi connectivity index (χ2v) is 4.38. The molecule has 0 aliphatic heterocycles. The van der Waals surface area contributed by atoms with Gasteiger partial charge in [-0.3, -0.25) is 4.55 Å². The highest BCUT2D eigenvalue weighted by atomic mass is 32.2. The molecule has 0 aliphatic rings. The average molecular weight is 232 g/mol. The SMILES string of the molecule is Nc1ccc(S(=O)(=O)O)c(CCO)c1N. The van der Waals surface area contributed by atoms with Gasteiger partial charge < -0.3 is 16.6 Å². The molecule has 7 heteroatoms. The smallest absolute Gasteiger partial charge is 0.294 e. The zero-order chi connectivity index (χ0) is 11.6. The molecule has 1 aromatic carbocycles. The van der Waals surface area contributed by atoms with Gasteiger partial charge in [-0.05, 0) is 18.6 Å². The van der Waals surface area contributed by atoms with Crippen LogP contribution >= 0.6 is 0 Å². The van der Waals surface area contributed by atoms with Crippen LogP contribution < -0.4 is 11.5 Å². The summed E-state index contributed by atoms with van der Waals surface area (Å²) >= 11 is 0. The number of nitrogens with two attached hydrogens (primary N) is 2. The second kappa shape index (κ2) is 4.05. The molecular weight excluding hydrogens is 220 g/mol. The largest absolute Gasteiger partial charge is 0.397 e. The monoisotopic (exact) mass is 232 g/mol. The van der Waals surface area contributed by atoms with Crippen molar-refractivity contribution in [2.75, 3.05) is 18.1 Å². The highest BCUT2D eigenvalue weighted by molar-refractivity contribution is 7.85. The van der Waals surface area contributed by atoms with Crippen LogP contribution in [0.5, 0.6) is 0 Å². The minimum Gasteiger partial charge on any atom is -0.397 e. The second-order valence-electron chi connectivity index (χ2n) is 2.99. The van der Waals surface area contributed by atoms with Gasteiger partial charge in [0.2, 0.25) is 0 Å². The summed E-state index contributed by atoms with van der Waals surface area (Å²) in [6.45, 7) is -0.282. The van der Waals surface area contributed by atoms with Crippen molar-refractivity contribution in [1.82, 2.24) is 0 Å². The number of aliphatic hydroxyl groups is 1. The van der Waals surface area contributed by atoms with E-state index in [-0.39, 0.29) is 34.9 Å². The zero-order valence-electron chi connectivity index (χ0n) is 7.84. The van der Waals surface area contributed by atoms with Crippen LogP contribution in [-0.4, -0.2) is 24.7 Å². The molecule has 1 aromatic rings. The molecule has 84 valence electrons. The predicted molar refractivity (Wildman–Crippen MR) is 55.9 cm³/mol. The normalized spacial score (nSPS) is 11.6. The Morgan fingerprint density at radius 2 is 1.87 bits per heavy atom. The maximum Gasteiger partial charge on any atom is 0.294 e. The van der Waals surface area contributed by atoms with Crippen LogP contribution in [0.2, 0.25) is 0 Å². The van der Waals surface area contributed by atoms with Crippen LogP contribution in [0.3, 0.4) is 0 Å². The van der Waals surface area contributed by atoms with E-state index in [2.05, 4.69) is 0 Å². The molecule has 6 N–H and O–H groups in total. The summed E-state index contributed by atoms with van der Waals surface area (Å²) in [6.07, 6.45) is 0.0198. The lowest BCUT2D eigenvalue weighted by Gasteiger charge is -2.11. The van der Waals surface area contributed by atoms with Gasteiger partial charge in [0.05, 0.1) is 16.3 Å². The Kier molecular flexibility index (Phi) is 3.18. The fraction of sp³-hybridized carbons (Fsp3) is 0.250. The lowest BCUT2D eigenvalue weighted by atomic mass is 10.1. The van der Waals surface area contributed by atoms with Crippen LogP contribution in [0.1, 0.15) is 5.56 Å². The van der Waals surface area contributed by atoms with Crippen LogP contribution in [0.4, 0.5) is 11.4 Å². The van der Waals surface area contributed by atoms with Gasteiger partial charge in [-0.1, -0.05) is 0 Å². The number of nitrogen functional groups attached to an aromatic ring is 2. The van der Waals surface area contributed by atoms with Crippen LogP contribution in [0.25, 0.3) is 0 Å². The molecule has 0 atom stereocenters. The summed E-state index contributed by atoms with van der Waals surface area (Å²) in [7, 11) is -4.34. The number of benzene rings is 1. The predicted octanol–water partition coefficient (Wildman–Crippen LogP) is -0.367. The lowest BCUT2D eigenvalue weighted by molar-refractivity contribution is 0.299. The van der Waals surface area contributed by atoms with Gasteiger partial charge >= 0.3 is 0 Å². The maximum absolute atomic E-state index is 11.0. The van der Waals surface area contributed by atoms with Gasteiger partial charge in [-0.15, -0.1) is 0 Å². The van der Waals surface area contributed by atoms with Crippen molar-refractivity contribution >= 4 is 21.5 Å². The summed E-state index contributed by atoms with van der Waals surface area (Å²) in [5.41, 5.74) is 11.5. The molecular formula is C8H12N2O4S. The standard InChI is InChI=1S/C8H12N2O4S/c9-6-1-2-7(15(12,13)14)5(3-4-11)8(6)10/h1-2,11H,3-4,9-10H2,(H,12,13,14). The summed E-state index contributed by atoms with van der Waals surface area (Å²) in [5, 5.41) is 8.75. The molecule has 0 spiro atoms. The van der Waals surface area contributed by atoms with Crippen LogP contribution in [-0.2, 0) is 16.5 Å². The minimum atomic E-state index is -4.34. The Bertz CT molecular complexity index is 470. The van der Waals surface area contributed by atoms with Gasteiger partial charge in [-0.2, -0.15) is 8.42 Å². The number of rotatable bonds is 3. The fourth-order valence-electron chi connectivity index (χ4n) is 1.27. The van der Waals surface area contributed by atoms with Crippen molar-refractivity contribution in [3.63, 3.8) is 0 Å². The van der Waals surface area contributed by atoms with Crippen molar-refractivity contribution < 1.29 is 18.1 Å². The molecule has 0 unspecified atom stereocenters. The van der Waals surface area contributed by atoms with E-state index in [4.69, 9.17) is 21.1 Å². The zero-order valence-corrected chi connectivity index (χ0v) is 8.66. The van der Waals surface area contributed by atoms with E-state index in [9.17, 15) is 8.42 Å². The first-order chi connectivity index (χ1) is 6.88. The molecule has 0 aliphatic carbocycles. The Labute approximate surface area is 87.3 Å². The van der Waals surface area contributed by atoms with E-state index in [1.54, 1.807) is 0 Å². The van der Waals surface area contributed by atoms with Gasteiger partial charge in [0.1, 0.15) is 0 Å². The average Bonchev–Trinajstić information content (AvgIpc) is 2.11. The highest BCUT2D eigenvalue weighted by Crippen LogP contribution is 2.27. The quantitative estimate of drug-likeness (QED) is 0.416. The Morgan fingerprint density at radius 3 is 2.33 bits per heavy atom. The lowest BCUT2D eigenvalue weighted by Crippen LogP contribution is -2.09. The molecule has 0 amide bonds. The van der Waals surface area contributed by atoms with Gasteiger partial charge in [-0.25, -0.2) is 0 Å². The maximum atomic E-state index is 11.0. The van der Waals surface area contributed by atoms with Crippen molar-refractivity contribution in [1.29, 1.82) is 0 Å². The minimum absolute atomic E-state index is 0.0198. The third-order valence-electron chi connectivity index (χ3n) is 1.99. The summed E-state index contributed by atoms with van der Waals surface area (Å²) < 4.78 is 30.8. The number of aliphatic hydroxyl groups excluding tert-OH is 1. The molecule has 0 saturated heterocycles. The summed E-state index contributed by atoms with van der Waals surface area (Å²) in [4.78, 5) is -0.316. The highest BCUT2D eigenvalue weighted by Gasteiger charge is 2.18. The first kappa shape index (κ1) is 11.8. The Morgan fingerprint density at radius 1 is 1.27 bits per heavy atom. The molecule has 0 saturated carbocycles. The van der Waals surface area contributed by atoms with Crippen molar-refractivity contribution in [2.45, 2.75) is 11.3 Å². The van der Waals surface area contributed by atoms with E-state index in [1.165, 1.54) is 6.07 Å². The van der Waals surface area contributed by atoms with Crippen molar-refractivity contribution in [3.8, 4) is 0 Å². The molecule has 0 fully saturated rings. The Hall–Kier alpha value is -1.31.